The van der Waals surface area contributed by atoms with Crippen molar-refractivity contribution in [1.82, 2.24) is 4.98 Å². The summed E-state index contributed by atoms with van der Waals surface area (Å²) < 4.78 is 22.9. The van der Waals surface area contributed by atoms with Gasteiger partial charge in [-0.15, -0.1) is 11.3 Å². The van der Waals surface area contributed by atoms with E-state index in [1.54, 1.807) is 32.7 Å². The molecule has 0 saturated heterocycles. The van der Waals surface area contributed by atoms with E-state index in [2.05, 4.69) is 4.98 Å². The molecule has 136 valence electrons. The summed E-state index contributed by atoms with van der Waals surface area (Å²) in [6, 6.07) is 9.71. The molecule has 2 aromatic carbocycles. The number of rotatable bonds is 7. The fraction of sp³-hybridized carbons (Fsp3) is 0.250. The molecular formula is C20H21NO4S. The van der Waals surface area contributed by atoms with E-state index in [0.29, 0.717) is 23.9 Å². The summed E-state index contributed by atoms with van der Waals surface area (Å²) in [7, 11) is 4.90. The quantitative estimate of drug-likeness (QED) is 0.592. The van der Waals surface area contributed by atoms with Crippen LogP contribution in [0.15, 0.2) is 30.3 Å². The molecule has 0 aliphatic carbocycles. The molecule has 0 fully saturated rings. The number of benzene rings is 2. The van der Waals surface area contributed by atoms with Gasteiger partial charge in [-0.3, -0.25) is 0 Å². The summed E-state index contributed by atoms with van der Waals surface area (Å²) in [6.07, 6.45) is 3.96. The molecule has 0 N–H and O–H groups in total. The number of hydrogen-bond acceptors (Lipinski definition) is 6. The molecule has 1 heterocycles. The third-order valence-corrected chi connectivity index (χ3v) is 4.79. The summed E-state index contributed by atoms with van der Waals surface area (Å²) in [5.74, 6) is 2.72. The van der Waals surface area contributed by atoms with Gasteiger partial charge in [-0.2, -0.15) is 0 Å². The molecule has 0 spiro atoms. The van der Waals surface area contributed by atoms with Gasteiger partial charge in [0.05, 0.1) is 38.2 Å². The summed E-state index contributed by atoms with van der Waals surface area (Å²) in [5.41, 5.74) is 1.90. The molecule has 1 aromatic heterocycles. The fourth-order valence-electron chi connectivity index (χ4n) is 2.57. The van der Waals surface area contributed by atoms with Crippen molar-refractivity contribution in [3.05, 3.63) is 40.9 Å². The minimum Gasteiger partial charge on any atom is -0.497 e. The van der Waals surface area contributed by atoms with Crippen LogP contribution in [0.1, 0.15) is 17.5 Å². The van der Waals surface area contributed by atoms with Crippen molar-refractivity contribution in [3.63, 3.8) is 0 Å². The van der Waals surface area contributed by atoms with Crippen LogP contribution in [-0.4, -0.2) is 32.9 Å². The number of aromatic nitrogens is 1. The highest BCUT2D eigenvalue weighted by atomic mass is 32.1. The normalized spacial score (nSPS) is 11.1. The molecule has 5 nitrogen and oxygen atoms in total. The van der Waals surface area contributed by atoms with Gasteiger partial charge in [-0.05, 0) is 48.9 Å². The highest BCUT2D eigenvalue weighted by Crippen LogP contribution is 2.39. The van der Waals surface area contributed by atoms with Crippen molar-refractivity contribution in [2.45, 2.75) is 6.92 Å². The van der Waals surface area contributed by atoms with E-state index in [-0.39, 0.29) is 0 Å². The van der Waals surface area contributed by atoms with E-state index in [1.807, 2.05) is 49.4 Å². The van der Waals surface area contributed by atoms with E-state index < -0.39 is 0 Å². The van der Waals surface area contributed by atoms with Crippen LogP contribution in [-0.2, 0) is 0 Å². The first-order valence-electron chi connectivity index (χ1n) is 8.20. The van der Waals surface area contributed by atoms with E-state index in [4.69, 9.17) is 18.9 Å². The molecule has 0 saturated carbocycles. The average Bonchev–Trinajstić information content (AvgIpc) is 3.08. The van der Waals surface area contributed by atoms with Gasteiger partial charge < -0.3 is 18.9 Å². The van der Waals surface area contributed by atoms with E-state index >= 15 is 0 Å². The van der Waals surface area contributed by atoms with Crippen LogP contribution in [0.25, 0.3) is 22.4 Å². The highest BCUT2D eigenvalue weighted by Gasteiger charge is 2.13. The summed E-state index contributed by atoms with van der Waals surface area (Å²) in [5, 5.41) is 0.917. The summed E-state index contributed by atoms with van der Waals surface area (Å²) >= 11 is 1.61. The summed E-state index contributed by atoms with van der Waals surface area (Å²) in [4.78, 5) is 4.62. The predicted molar refractivity (Wildman–Crippen MR) is 106 cm³/mol. The second-order valence-electron chi connectivity index (χ2n) is 5.41. The van der Waals surface area contributed by atoms with Crippen LogP contribution in [0.5, 0.6) is 23.0 Å². The molecule has 0 aliphatic rings. The number of ether oxygens (including phenoxy) is 4. The Morgan fingerprint density at radius 1 is 0.962 bits per heavy atom. The van der Waals surface area contributed by atoms with Crippen LogP contribution >= 0.6 is 11.3 Å². The Morgan fingerprint density at radius 3 is 2.31 bits per heavy atom. The lowest BCUT2D eigenvalue weighted by Gasteiger charge is -2.14. The maximum Gasteiger partial charge on any atom is 0.203 e. The van der Waals surface area contributed by atoms with Crippen molar-refractivity contribution in [3.8, 4) is 23.0 Å². The van der Waals surface area contributed by atoms with Gasteiger partial charge in [0, 0.05) is 0 Å². The molecule has 3 rings (SSSR count). The first-order chi connectivity index (χ1) is 12.7. The van der Waals surface area contributed by atoms with Crippen LogP contribution in [0.3, 0.4) is 0 Å². The van der Waals surface area contributed by atoms with Crippen LogP contribution in [0.2, 0.25) is 0 Å². The van der Waals surface area contributed by atoms with E-state index in [1.165, 1.54) is 0 Å². The minimum absolute atomic E-state index is 0.539. The van der Waals surface area contributed by atoms with Crippen molar-refractivity contribution in [2.24, 2.45) is 0 Å². The predicted octanol–water partition coefficient (Wildman–Crippen LogP) is 4.89. The van der Waals surface area contributed by atoms with Crippen molar-refractivity contribution < 1.29 is 18.9 Å². The lowest BCUT2D eigenvalue weighted by atomic mass is 10.1. The standard InChI is InChI=1S/C20H21NO4S/c1-5-25-20-16(23-3)10-13(11-17(20)24-4)6-9-19-21-15-8-7-14(22-2)12-18(15)26-19/h6-12H,5H2,1-4H3/b9-6+. The van der Waals surface area contributed by atoms with Gasteiger partial charge in [0.1, 0.15) is 10.8 Å². The smallest absolute Gasteiger partial charge is 0.203 e. The van der Waals surface area contributed by atoms with Crippen LogP contribution in [0, 0.1) is 0 Å². The fourth-order valence-corrected chi connectivity index (χ4v) is 3.47. The molecule has 26 heavy (non-hydrogen) atoms. The lowest BCUT2D eigenvalue weighted by molar-refractivity contribution is 0.288. The second kappa shape index (κ2) is 8.10. The Bertz CT molecular complexity index is 908. The number of methoxy groups -OCH3 is 3. The second-order valence-corrected chi connectivity index (χ2v) is 6.47. The molecule has 0 radical (unpaired) electrons. The highest BCUT2D eigenvalue weighted by molar-refractivity contribution is 7.19. The van der Waals surface area contributed by atoms with E-state index in [9.17, 15) is 0 Å². The van der Waals surface area contributed by atoms with Gasteiger partial charge in [0.15, 0.2) is 11.5 Å². The SMILES string of the molecule is CCOc1c(OC)cc(/C=C/c2nc3ccc(OC)cc3s2)cc1OC. The van der Waals surface area contributed by atoms with Gasteiger partial charge in [-0.1, -0.05) is 6.08 Å². The first-order valence-corrected chi connectivity index (χ1v) is 9.01. The Hall–Kier alpha value is -2.73. The molecule has 0 amide bonds. The van der Waals surface area contributed by atoms with Gasteiger partial charge in [0.2, 0.25) is 5.75 Å². The molecule has 0 bridgehead atoms. The van der Waals surface area contributed by atoms with Gasteiger partial charge >= 0.3 is 0 Å². The maximum absolute atomic E-state index is 5.63. The largest absolute Gasteiger partial charge is 0.497 e. The van der Waals surface area contributed by atoms with Crippen molar-refractivity contribution >= 4 is 33.7 Å². The molecule has 3 aromatic rings. The molecule has 0 aliphatic heterocycles. The zero-order valence-corrected chi connectivity index (χ0v) is 16.1. The molecule has 0 atom stereocenters. The monoisotopic (exact) mass is 371 g/mol. The van der Waals surface area contributed by atoms with Gasteiger partial charge in [-0.25, -0.2) is 4.98 Å². The molecule has 0 unspecified atom stereocenters. The number of thiazole rings is 1. The lowest BCUT2D eigenvalue weighted by Crippen LogP contribution is -1.99. The minimum atomic E-state index is 0.539. The number of hydrogen-bond donors (Lipinski definition) is 0. The van der Waals surface area contributed by atoms with Crippen molar-refractivity contribution in [1.29, 1.82) is 0 Å². The molecule has 6 heteroatoms. The Balaban J connectivity index is 1.92. The number of nitrogens with zero attached hydrogens (tertiary/aromatic N) is 1. The number of fused-ring (bicyclic) bond motifs is 1. The van der Waals surface area contributed by atoms with Gasteiger partial charge in [0.25, 0.3) is 0 Å². The average molecular weight is 371 g/mol. The Kier molecular flexibility index (Phi) is 5.63. The van der Waals surface area contributed by atoms with Crippen LogP contribution < -0.4 is 18.9 Å². The maximum atomic E-state index is 5.63. The molecular weight excluding hydrogens is 350 g/mol. The van der Waals surface area contributed by atoms with Crippen molar-refractivity contribution in [2.75, 3.05) is 27.9 Å². The first kappa shape index (κ1) is 18.1. The van der Waals surface area contributed by atoms with E-state index in [0.717, 1.165) is 26.5 Å². The third kappa shape index (κ3) is 3.75. The van der Waals surface area contributed by atoms with Crippen LogP contribution in [0.4, 0.5) is 0 Å². The zero-order chi connectivity index (χ0) is 18.5. The Morgan fingerprint density at radius 2 is 1.69 bits per heavy atom. The zero-order valence-electron chi connectivity index (χ0n) is 15.2. The summed E-state index contributed by atoms with van der Waals surface area (Å²) in [6.45, 7) is 2.46. The Labute approximate surface area is 156 Å². The topological polar surface area (TPSA) is 49.8 Å². The third-order valence-electron chi connectivity index (χ3n) is 3.80.